The largest absolute Gasteiger partial charge is 0.493 e. The monoisotopic (exact) mass is 268 g/mol. The van der Waals surface area contributed by atoms with Crippen LogP contribution in [0.3, 0.4) is 0 Å². The molecule has 4 heteroatoms. The zero-order valence-corrected chi connectivity index (χ0v) is 11.8. The number of hydrogen-bond donors (Lipinski definition) is 1. The molecule has 0 atom stereocenters. The van der Waals surface area contributed by atoms with Crippen LogP contribution in [-0.2, 0) is 0 Å². The van der Waals surface area contributed by atoms with Crippen molar-refractivity contribution in [3.8, 4) is 17.2 Å². The summed E-state index contributed by atoms with van der Waals surface area (Å²) in [6.07, 6.45) is 3.65. The summed E-state index contributed by atoms with van der Waals surface area (Å²) in [6.45, 7) is 0.674. The minimum Gasteiger partial charge on any atom is -0.493 e. The first-order valence-electron chi connectivity index (χ1n) is 6.19. The molecule has 0 radical (unpaired) electrons. The van der Waals surface area contributed by atoms with Crippen LogP contribution >= 0.6 is 12.6 Å². The zero-order valence-electron chi connectivity index (χ0n) is 10.9. The van der Waals surface area contributed by atoms with Gasteiger partial charge in [-0.1, -0.05) is 12.5 Å². The predicted molar refractivity (Wildman–Crippen MR) is 75.2 cm³/mol. The third-order valence-corrected chi connectivity index (χ3v) is 4.33. The van der Waals surface area contributed by atoms with E-state index in [1.54, 1.807) is 14.2 Å². The summed E-state index contributed by atoms with van der Waals surface area (Å²) in [4.78, 5) is 0. The Balaban J connectivity index is 2.12. The molecule has 18 heavy (non-hydrogen) atoms. The number of methoxy groups -OCH3 is 2. The summed E-state index contributed by atoms with van der Waals surface area (Å²) in [5, 5.41) is 0. The summed E-state index contributed by atoms with van der Waals surface area (Å²) in [5.74, 6) is 2.98. The van der Waals surface area contributed by atoms with Crippen molar-refractivity contribution in [2.45, 2.75) is 19.3 Å². The lowest BCUT2D eigenvalue weighted by atomic mass is 9.71. The van der Waals surface area contributed by atoms with Crippen molar-refractivity contribution < 1.29 is 14.2 Å². The molecule has 0 aliphatic heterocycles. The first-order valence-corrected chi connectivity index (χ1v) is 6.82. The van der Waals surface area contributed by atoms with E-state index < -0.39 is 0 Å². The van der Waals surface area contributed by atoms with Crippen LogP contribution in [0.5, 0.6) is 17.2 Å². The van der Waals surface area contributed by atoms with Crippen LogP contribution in [0.15, 0.2) is 18.2 Å². The van der Waals surface area contributed by atoms with Crippen LogP contribution in [0.25, 0.3) is 0 Å². The lowest BCUT2D eigenvalue weighted by Crippen LogP contribution is -2.37. The first kappa shape index (κ1) is 13.4. The van der Waals surface area contributed by atoms with Crippen molar-refractivity contribution in [1.29, 1.82) is 0 Å². The van der Waals surface area contributed by atoms with Crippen LogP contribution in [0.1, 0.15) is 19.3 Å². The van der Waals surface area contributed by atoms with Gasteiger partial charge in [-0.2, -0.15) is 12.6 Å². The van der Waals surface area contributed by atoms with Crippen LogP contribution in [-0.4, -0.2) is 26.6 Å². The standard InChI is InChI=1S/C14H20O3S/c1-15-11-5-3-6-12(16-2)13(11)17-9-14(10-18)7-4-8-14/h3,5-6,18H,4,7-10H2,1-2H3. The van der Waals surface area contributed by atoms with Crippen molar-refractivity contribution in [2.75, 3.05) is 26.6 Å². The third kappa shape index (κ3) is 2.53. The van der Waals surface area contributed by atoms with Gasteiger partial charge in [-0.3, -0.25) is 0 Å². The van der Waals surface area contributed by atoms with E-state index in [9.17, 15) is 0 Å². The minimum absolute atomic E-state index is 0.231. The molecular weight excluding hydrogens is 248 g/mol. The van der Waals surface area contributed by atoms with E-state index in [1.807, 2.05) is 18.2 Å². The van der Waals surface area contributed by atoms with Gasteiger partial charge in [0.2, 0.25) is 5.75 Å². The van der Waals surface area contributed by atoms with E-state index >= 15 is 0 Å². The second-order valence-electron chi connectivity index (χ2n) is 4.79. The summed E-state index contributed by atoms with van der Waals surface area (Å²) < 4.78 is 16.6. The van der Waals surface area contributed by atoms with Gasteiger partial charge < -0.3 is 14.2 Å². The molecule has 0 N–H and O–H groups in total. The van der Waals surface area contributed by atoms with Gasteiger partial charge in [0.15, 0.2) is 11.5 Å². The number of hydrogen-bond acceptors (Lipinski definition) is 4. The fourth-order valence-electron chi connectivity index (χ4n) is 2.21. The first-order chi connectivity index (χ1) is 8.74. The van der Waals surface area contributed by atoms with E-state index in [0.717, 1.165) is 5.75 Å². The van der Waals surface area contributed by atoms with Gasteiger partial charge in [0.05, 0.1) is 20.8 Å². The molecule has 1 aromatic rings. The van der Waals surface area contributed by atoms with Crippen LogP contribution in [0.4, 0.5) is 0 Å². The minimum atomic E-state index is 0.231. The smallest absolute Gasteiger partial charge is 0.203 e. The highest BCUT2D eigenvalue weighted by Crippen LogP contribution is 2.44. The van der Waals surface area contributed by atoms with Crippen molar-refractivity contribution in [1.82, 2.24) is 0 Å². The van der Waals surface area contributed by atoms with E-state index in [-0.39, 0.29) is 5.41 Å². The highest BCUT2D eigenvalue weighted by atomic mass is 32.1. The van der Waals surface area contributed by atoms with E-state index in [2.05, 4.69) is 12.6 Å². The van der Waals surface area contributed by atoms with Crippen molar-refractivity contribution in [3.05, 3.63) is 18.2 Å². The number of benzene rings is 1. The Morgan fingerprint density at radius 1 is 1.17 bits per heavy atom. The molecule has 1 saturated carbocycles. The molecule has 1 aromatic carbocycles. The van der Waals surface area contributed by atoms with Gasteiger partial charge in [0, 0.05) is 5.41 Å². The van der Waals surface area contributed by atoms with Gasteiger partial charge in [0.25, 0.3) is 0 Å². The summed E-state index contributed by atoms with van der Waals surface area (Å²) >= 11 is 4.43. The Labute approximate surface area is 114 Å². The maximum atomic E-state index is 5.95. The highest BCUT2D eigenvalue weighted by molar-refractivity contribution is 7.80. The third-order valence-electron chi connectivity index (χ3n) is 3.65. The number of thiol groups is 1. The molecule has 0 aromatic heterocycles. The molecule has 1 aliphatic rings. The van der Waals surface area contributed by atoms with E-state index in [4.69, 9.17) is 14.2 Å². The predicted octanol–water partition coefficient (Wildman–Crippen LogP) is 3.18. The maximum Gasteiger partial charge on any atom is 0.203 e. The Bertz CT molecular complexity index is 374. The molecule has 0 heterocycles. The normalized spacial score (nSPS) is 16.8. The molecule has 0 unspecified atom stereocenters. The molecule has 3 nitrogen and oxygen atoms in total. The average molecular weight is 268 g/mol. The Morgan fingerprint density at radius 2 is 1.78 bits per heavy atom. The Morgan fingerprint density at radius 3 is 2.17 bits per heavy atom. The van der Waals surface area contributed by atoms with Crippen LogP contribution in [0.2, 0.25) is 0 Å². The van der Waals surface area contributed by atoms with Crippen molar-refractivity contribution >= 4 is 12.6 Å². The van der Waals surface area contributed by atoms with Crippen LogP contribution < -0.4 is 14.2 Å². The summed E-state index contributed by atoms with van der Waals surface area (Å²) in [5.41, 5.74) is 0.231. The lowest BCUT2D eigenvalue weighted by Gasteiger charge is -2.40. The van der Waals surface area contributed by atoms with E-state index in [0.29, 0.717) is 23.9 Å². The second-order valence-corrected chi connectivity index (χ2v) is 5.11. The topological polar surface area (TPSA) is 27.7 Å². The molecule has 1 aliphatic carbocycles. The fraction of sp³-hybridized carbons (Fsp3) is 0.571. The molecular formula is C14H20O3S. The van der Waals surface area contributed by atoms with Gasteiger partial charge in [-0.15, -0.1) is 0 Å². The van der Waals surface area contributed by atoms with Crippen molar-refractivity contribution in [3.63, 3.8) is 0 Å². The Hall–Kier alpha value is -1.03. The van der Waals surface area contributed by atoms with Crippen molar-refractivity contribution in [2.24, 2.45) is 5.41 Å². The molecule has 2 rings (SSSR count). The number of rotatable bonds is 6. The van der Waals surface area contributed by atoms with Gasteiger partial charge in [-0.05, 0) is 30.7 Å². The molecule has 0 spiro atoms. The average Bonchev–Trinajstić information content (AvgIpc) is 2.37. The molecule has 100 valence electrons. The second kappa shape index (κ2) is 5.74. The molecule has 0 saturated heterocycles. The molecule has 0 amide bonds. The Kier molecular flexibility index (Phi) is 4.27. The SMILES string of the molecule is COc1cccc(OC)c1OCC1(CS)CCC1. The van der Waals surface area contributed by atoms with E-state index in [1.165, 1.54) is 19.3 Å². The number of ether oxygens (including phenoxy) is 3. The lowest BCUT2D eigenvalue weighted by molar-refractivity contribution is 0.0793. The highest BCUT2D eigenvalue weighted by Gasteiger charge is 2.36. The molecule has 1 fully saturated rings. The summed E-state index contributed by atoms with van der Waals surface area (Å²) in [6, 6.07) is 5.65. The fourth-order valence-corrected chi connectivity index (χ4v) is 2.62. The molecule has 0 bridgehead atoms. The summed E-state index contributed by atoms with van der Waals surface area (Å²) in [7, 11) is 3.28. The van der Waals surface area contributed by atoms with Gasteiger partial charge >= 0.3 is 0 Å². The quantitative estimate of drug-likeness (QED) is 0.803. The van der Waals surface area contributed by atoms with Gasteiger partial charge in [0.1, 0.15) is 0 Å². The zero-order chi connectivity index (χ0) is 13.0. The number of para-hydroxylation sites is 1. The maximum absolute atomic E-state index is 5.95. The van der Waals surface area contributed by atoms with Gasteiger partial charge in [-0.25, -0.2) is 0 Å². The van der Waals surface area contributed by atoms with Crippen LogP contribution in [0, 0.1) is 5.41 Å².